The minimum atomic E-state index is -4.03. The Morgan fingerprint density at radius 2 is 1.82 bits per heavy atom. The first-order chi connectivity index (χ1) is 15.8. The van der Waals surface area contributed by atoms with Crippen LogP contribution in [0, 0.1) is 17.0 Å². The zero-order valence-corrected chi connectivity index (χ0v) is 21.2. The minimum Gasteiger partial charge on any atom is -0.357 e. The maximum atomic E-state index is 13.4. The first-order valence-corrected chi connectivity index (χ1v) is 12.5. The molecule has 2 rings (SSSR count). The van der Waals surface area contributed by atoms with E-state index in [1.54, 1.807) is 19.1 Å². The minimum absolute atomic E-state index is 0.0119. The highest BCUT2D eigenvalue weighted by molar-refractivity contribution is 7.92. The lowest BCUT2D eigenvalue weighted by atomic mass is 10.1. The van der Waals surface area contributed by atoms with Crippen LogP contribution in [0.2, 0.25) is 10.0 Å². The van der Waals surface area contributed by atoms with Gasteiger partial charge < -0.3 is 10.2 Å². The second-order valence-electron chi connectivity index (χ2n) is 7.55. The average molecular weight is 531 g/mol. The monoisotopic (exact) mass is 530 g/mol. The molecule has 0 aliphatic carbocycles. The largest absolute Gasteiger partial charge is 0.357 e. The van der Waals surface area contributed by atoms with Gasteiger partial charge in [-0.1, -0.05) is 35.3 Å². The first-order valence-electron chi connectivity index (χ1n) is 9.94. The molecular formula is C21H24Cl2N4O6S. The number of amides is 2. The molecule has 0 spiro atoms. The number of carbonyl (C=O) groups is 2. The highest BCUT2D eigenvalue weighted by Gasteiger charge is 2.31. The molecule has 10 nitrogen and oxygen atoms in total. The number of nitrogens with zero attached hydrogens (tertiary/aromatic N) is 3. The number of nitrogens with one attached hydrogen (secondary N) is 1. The molecule has 0 bridgehead atoms. The second kappa shape index (κ2) is 11.0. The number of sulfonamides is 1. The molecule has 0 aliphatic rings. The van der Waals surface area contributed by atoms with E-state index < -0.39 is 39.3 Å². The van der Waals surface area contributed by atoms with E-state index in [1.165, 1.54) is 37.1 Å². The Kier molecular flexibility index (Phi) is 8.87. The molecule has 13 heteroatoms. The maximum Gasteiger partial charge on any atom is 0.271 e. The summed E-state index contributed by atoms with van der Waals surface area (Å²) in [5, 5.41) is 14.3. The van der Waals surface area contributed by atoms with Crippen LogP contribution in [0.5, 0.6) is 0 Å². The molecular weight excluding hydrogens is 507 g/mol. The molecule has 0 fully saturated rings. The number of non-ortho nitro benzene ring substituents is 1. The van der Waals surface area contributed by atoms with Gasteiger partial charge in [-0.2, -0.15) is 0 Å². The van der Waals surface area contributed by atoms with Gasteiger partial charge in [-0.3, -0.25) is 24.0 Å². The number of hydrogen-bond donors (Lipinski definition) is 1. The van der Waals surface area contributed by atoms with Crippen LogP contribution in [0.1, 0.15) is 18.1 Å². The van der Waals surface area contributed by atoms with Crippen LogP contribution in [0.25, 0.3) is 0 Å². The molecule has 1 atom stereocenters. The van der Waals surface area contributed by atoms with Gasteiger partial charge in [0.05, 0.1) is 16.9 Å². The number of likely N-dealkylation sites (N-methyl/N-ethyl adjacent to an activating group) is 1. The molecule has 2 aromatic carbocycles. The lowest BCUT2D eigenvalue weighted by Gasteiger charge is -2.31. The van der Waals surface area contributed by atoms with E-state index in [1.807, 2.05) is 0 Å². The molecule has 0 aromatic heterocycles. The standard InChI is InChI=1S/C21H24Cl2N4O6S/c1-13-5-8-17(27(30)31)10-19(13)26(34(4,32)33)12-20(28)25(14(2)21(29)24-3)11-15-6-7-16(22)9-18(15)23/h5-10,14H,11-12H2,1-4H3,(H,24,29)/t14-/m0/s1. The third-order valence-electron chi connectivity index (χ3n) is 5.12. The number of nitro benzene ring substituents is 1. The summed E-state index contributed by atoms with van der Waals surface area (Å²) in [4.78, 5) is 37.5. The van der Waals surface area contributed by atoms with Crippen molar-refractivity contribution in [3.63, 3.8) is 0 Å². The van der Waals surface area contributed by atoms with Gasteiger partial charge in [0.25, 0.3) is 5.69 Å². The van der Waals surface area contributed by atoms with Crippen molar-refractivity contribution in [3.05, 3.63) is 67.7 Å². The van der Waals surface area contributed by atoms with Crippen molar-refractivity contribution >= 4 is 56.4 Å². The van der Waals surface area contributed by atoms with E-state index in [4.69, 9.17) is 23.2 Å². The Morgan fingerprint density at radius 3 is 2.35 bits per heavy atom. The van der Waals surface area contributed by atoms with Crippen LogP contribution in [-0.2, 0) is 26.2 Å². The van der Waals surface area contributed by atoms with Crippen LogP contribution in [0.4, 0.5) is 11.4 Å². The van der Waals surface area contributed by atoms with Gasteiger partial charge >= 0.3 is 0 Å². The number of benzene rings is 2. The molecule has 1 N–H and O–H groups in total. The lowest BCUT2D eigenvalue weighted by Crippen LogP contribution is -2.50. The molecule has 2 amide bonds. The molecule has 0 heterocycles. The zero-order valence-electron chi connectivity index (χ0n) is 18.9. The number of rotatable bonds is 9. The van der Waals surface area contributed by atoms with Crippen molar-refractivity contribution in [2.24, 2.45) is 0 Å². The van der Waals surface area contributed by atoms with Gasteiger partial charge in [0.15, 0.2) is 0 Å². The maximum absolute atomic E-state index is 13.4. The van der Waals surface area contributed by atoms with Gasteiger partial charge in [0.1, 0.15) is 12.6 Å². The Hall–Kier alpha value is -2.89. The number of anilines is 1. The Balaban J connectivity index is 2.50. The molecule has 0 aliphatic heterocycles. The highest BCUT2D eigenvalue weighted by Crippen LogP contribution is 2.28. The predicted octanol–water partition coefficient (Wildman–Crippen LogP) is 3.14. The molecule has 0 saturated heterocycles. The van der Waals surface area contributed by atoms with Crippen molar-refractivity contribution in [3.8, 4) is 0 Å². The van der Waals surface area contributed by atoms with Crippen LogP contribution < -0.4 is 9.62 Å². The third kappa shape index (κ3) is 6.58. The fourth-order valence-corrected chi connectivity index (χ4v) is 4.57. The SMILES string of the molecule is CNC(=O)[C@H](C)N(Cc1ccc(Cl)cc1Cl)C(=O)CN(c1cc([N+](=O)[O-])ccc1C)S(C)(=O)=O. The summed E-state index contributed by atoms with van der Waals surface area (Å²) in [6.07, 6.45) is 0.890. The van der Waals surface area contributed by atoms with E-state index in [-0.39, 0.29) is 22.9 Å². The highest BCUT2D eigenvalue weighted by atomic mass is 35.5. The number of aryl methyl sites for hydroxylation is 1. The molecule has 34 heavy (non-hydrogen) atoms. The Bertz CT molecular complexity index is 1220. The third-order valence-corrected chi connectivity index (χ3v) is 6.83. The molecule has 0 radical (unpaired) electrons. The van der Waals surface area contributed by atoms with E-state index in [9.17, 15) is 28.1 Å². The van der Waals surface area contributed by atoms with Crippen LogP contribution in [0.15, 0.2) is 36.4 Å². The summed E-state index contributed by atoms with van der Waals surface area (Å²) in [5.41, 5.74) is 0.565. The van der Waals surface area contributed by atoms with Gasteiger partial charge in [-0.25, -0.2) is 8.42 Å². The smallest absolute Gasteiger partial charge is 0.271 e. The van der Waals surface area contributed by atoms with Gasteiger partial charge in [0.2, 0.25) is 21.8 Å². The first kappa shape index (κ1) is 27.4. The summed E-state index contributed by atoms with van der Waals surface area (Å²) in [6, 6.07) is 7.41. The van der Waals surface area contributed by atoms with Crippen molar-refractivity contribution in [2.45, 2.75) is 26.4 Å². The summed E-state index contributed by atoms with van der Waals surface area (Å²) < 4.78 is 26.0. The fraction of sp³-hybridized carbons (Fsp3) is 0.333. The number of nitro groups is 1. The normalized spacial score (nSPS) is 12.1. The van der Waals surface area contributed by atoms with Gasteiger partial charge in [-0.15, -0.1) is 0 Å². The summed E-state index contributed by atoms with van der Waals surface area (Å²) in [5.74, 6) is -1.19. The van der Waals surface area contributed by atoms with Crippen LogP contribution in [0.3, 0.4) is 0 Å². The number of hydrogen-bond acceptors (Lipinski definition) is 6. The number of carbonyl (C=O) groups excluding carboxylic acids is 2. The molecule has 184 valence electrons. The van der Waals surface area contributed by atoms with Crippen molar-refractivity contribution in [1.82, 2.24) is 10.2 Å². The Labute approximate surface area is 207 Å². The van der Waals surface area contributed by atoms with E-state index in [0.29, 0.717) is 16.1 Å². The molecule has 0 unspecified atom stereocenters. The summed E-state index contributed by atoms with van der Waals surface area (Å²) in [7, 11) is -2.62. The van der Waals surface area contributed by atoms with Crippen molar-refractivity contribution in [1.29, 1.82) is 0 Å². The second-order valence-corrected chi connectivity index (χ2v) is 10.3. The van der Waals surface area contributed by atoms with Crippen molar-refractivity contribution < 1.29 is 22.9 Å². The quantitative estimate of drug-likeness (QED) is 0.391. The average Bonchev–Trinajstić information content (AvgIpc) is 2.75. The van der Waals surface area contributed by atoms with Crippen LogP contribution in [-0.4, -0.2) is 55.9 Å². The predicted molar refractivity (Wildman–Crippen MR) is 131 cm³/mol. The van der Waals surface area contributed by atoms with Crippen molar-refractivity contribution in [2.75, 3.05) is 24.2 Å². The molecule has 2 aromatic rings. The Morgan fingerprint density at radius 1 is 1.18 bits per heavy atom. The fourth-order valence-electron chi connectivity index (χ4n) is 3.20. The summed E-state index contributed by atoms with van der Waals surface area (Å²) in [6.45, 7) is 2.27. The lowest BCUT2D eigenvalue weighted by molar-refractivity contribution is -0.384. The summed E-state index contributed by atoms with van der Waals surface area (Å²) >= 11 is 12.2. The van der Waals surface area contributed by atoms with E-state index >= 15 is 0 Å². The van der Waals surface area contributed by atoms with Gasteiger partial charge in [0, 0.05) is 35.8 Å². The number of halogens is 2. The zero-order chi connectivity index (χ0) is 25.8. The van der Waals surface area contributed by atoms with E-state index in [2.05, 4.69) is 5.32 Å². The molecule has 0 saturated carbocycles. The topological polar surface area (TPSA) is 130 Å². The van der Waals surface area contributed by atoms with Crippen LogP contribution >= 0.6 is 23.2 Å². The van der Waals surface area contributed by atoms with Gasteiger partial charge in [-0.05, 0) is 37.1 Å². The van der Waals surface area contributed by atoms with E-state index in [0.717, 1.165) is 16.6 Å².